The zero-order valence-electron chi connectivity index (χ0n) is 23.0. The summed E-state index contributed by atoms with van der Waals surface area (Å²) in [4.78, 5) is 0. The lowest BCUT2D eigenvalue weighted by atomic mass is 9.68. The van der Waals surface area contributed by atoms with Crippen molar-refractivity contribution in [2.75, 3.05) is 6.66 Å². The normalized spacial score (nSPS) is 23.9. The molecule has 0 saturated heterocycles. The van der Waals surface area contributed by atoms with Crippen LogP contribution in [-0.2, 0) is 0 Å². The van der Waals surface area contributed by atoms with Gasteiger partial charge in [-0.05, 0) is 98.1 Å². The van der Waals surface area contributed by atoms with E-state index in [1.165, 1.54) is 74.8 Å². The molecule has 5 rings (SSSR count). The van der Waals surface area contributed by atoms with E-state index in [4.69, 9.17) is 0 Å². The van der Waals surface area contributed by atoms with Crippen molar-refractivity contribution in [3.05, 3.63) is 90.5 Å². The fourth-order valence-corrected chi connectivity index (χ4v) is 10.9. The number of halogens is 1. The molecule has 0 amide bonds. The quantitative estimate of drug-likeness (QED) is 0.234. The summed E-state index contributed by atoms with van der Waals surface area (Å²) < 4.78 is 0. The SMILES string of the molecule is CCC[C@H]1CC[C@H]([C@H]2CC[C@H](c3ccccc3[P+](C)(c3ccccc3)c3ccccc3)CC2)CC1.P.[I-]. The molecule has 0 bridgehead atoms. The molecule has 2 fully saturated rings. The van der Waals surface area contributed by atoms with Crippen molar-refractivity contribution in [1.29, 1.82) is 0 Å². The van der Waals surface area contributed by atoms with Gasteiger partial charge in [0.2, 0.25) is 0 Å². The molecular formula is C34H47IP2. The van der Waals surface area contributed by atoms with Gasteiger partial charge in [0.25, 0.3) is 0 Å². The molecule has 0 aliphatic heterocycles. The highest BCUT2D eigenvalue weighted by atomic mass is 127. The molecule has 1 unspecified atom stereocenters. The van der Waals surface area contributed by atoms with Gasteiger partial charge in [0.15, 0.2) is 0 Å². The van der Waals surface area contributed by atoms with Gasteiger partial charge in [-0.1, -0.05) is 87.2 Å². The van der Waals surface area contributed by atoms with Crippen LogP contribution in [0.5, 0.6) is 0 Å². The molecule has 0 radical (unpaired) electrons. The van der Waals surface area contributed by atoms with E-state index in [1.807, 2.05) is 0 Å². The third-order valence-electron chi connectivity index (χ3n) is 9.43. The van der Waals surface area contributed by atoms with Crippen molar-refractivity contribution in [3.8, 4) is 0 Å². The minimum atomic E-state index is -1.69. The van der Waals surface area contributed by atoms with Crippen LogP contribution < -0.4 is 39.9 Å². The fourth-order valence-electron chi connectivity index (χ4n) is 7.38. The van der Waals surface area contributed by atoms with Crippen molar-refractivity contribution >= 4 is 33.1 Å². The van der Waals surface area contributed by atoms with Crippen LogP contribution in [-0.4, -0.2) is 6.66 Å². The molecule has 37 heavy (non-hydrogen) atoms. The summed E-state index contributed by atoms with van der Waals surface area (Å²) in [5.41, 5.74) is 1.64. The lowest BCUT2D eigenvalue weighted by Gasteiger charge is -2.38. The lowest BCUT2D eigenvalue weighted by molar-refractivity contribution is -0.00000728. The highest BCUT2D eigenvalue weighted by Gasteiger charge is 2.43. The summed E-state index contributed by atoms with van der Waals surface area (Å²) >= 11 is 0. The number of benzene rings is 3. The molecule has 3 aromatic rings. The van der Waals surface area contributed by atoms with E-state index in [2.05, 4.69) is 98.5 Å². The maximum atomic E-state index is 2.55. The number of hydrogen-bond acceptors (Lipinski definition) is 0. The molecule has 2 aliphatic rings. The van der Waals surface area contributed by atoms with Gasteiger partial charge in [-0.15, -0.1) is 0 Å². The average molecular weight is 645 g/mol. The lowest BCUT2D eigenvalue weighted by Crippen LogP contribution is -3.00. The minimum absolute atomic E-state index is 0. The van der Waals surface area contributed by atoms with Gasteiger partial charge in [-0.2, -0.15) is 9.90 Å². The van der Waals surface area contributed by atoms with Crippen LogP contribution >= 0.6 is 17.2 Å². The Labute approximate surface area is 247 Å². The first kappa shape index (κ1) is 30.8. The molecule has 0 nitrogen and oxygen atoms in total. The molecule has 3 heteroatoms. The number of hydrogen-bond donors (Lipinski definition) is 0. The second-order valence-corrected chi connectivity index (χ2v) is 14.9. The van der Waals surface area contributed by atoms with E-state index in [1.54, 1.807) is 10.9 Å². The molecule has 0 spiro atoms. The van der Waals surface area contributed by atoms with Crippen LogP contribution in [0.3, 0.4) is 0 Å². The van der Waals surface area contributed by atoms with Crippen LogP contribution in [0.1, 0.15) is 82.6 Å². The smallest absolute Gasteiger partial charge is 0.109 e. The second-order valence-electron chi connectivity index (χ2n) is 11.4. The summed E-state index contributed by atoms with van der Waals surface area (Å²) in [6.07, 6.45) is 14.5. The minimum Gasteiger partial charge on any atom is -1.00 e. The van der Waals surface area contributed by atoms with Crippen molar-refractivity contribution in [2.24, 2.45) is 17.8 Å². The first-order valence-corrected chi connectivity index (χ1v) is 16.5. The van der Waals surface area contributed by atoms with E-state index >= 15 is 0 Å². The molecule has 1 atom stereocenters. The first-order chi connectivity index (χ1) is 17.2. The average Bonchev–Trinajstić information content (AvgIpc) is 2.94. The second kappa shape index (κ2) is 14.6. The predicted molar refractivity (Wildman–Crippen MR) is 167 cm³/mol. The topological polar surface area (TPSA) is 0 Å². The first-order valence-electron chi connectivity index (χ1n) is 14.3. The van der Waals surface area contributed by atoms with Crippen LogP contribution in [0.25, 0.3) is 0 Å². The number of rotatable bonds is 7. The Bertz CT molecular complexity index is 1010. The zero-order chi connectivity index (χ0) is 24.1. The molecule has 0 heterocycles. The summed E-state index contributed by atoms with van der Waals surface area (Å²) in [5.74, 6) is 3.72. The Kier molecular flexibility index (Phi) is 12.1. The Morgan fingerprint density at radius 3 is 1.59 bits per heavy atom. The van der Waals surface area contributed by atoms with E-state index in [9.17, 15) is 0 Å². The summed E-state index contributed by atoms with van der Waals surface area (Å²) in [6.45, 7) is 4.91. The van der Waals surface area contributed by atoms with Gasteiger partial charge >= 0.3 is 0 Å². The van der Waals surface area contributed by atoms with Gasteiger partial charge in [0.05, 0.1) is 6.66 Å². The monoisotopic (exact) mass is 644 g/mol. The van der Waals surface area contributed by atoms with E-state index < -0.39 is 7.26 Å². The van der Waals surface area contributed by atoms with Crippen molar-refractivity contribution < 1.29 is 24.0 Å². The summed E-state index contributed by atoms with van der Waals surface area (Å²) in [6, 6.07) is 32.2. The molecule has 3 aromatic carbocycles. The van der Waals surface area contributed by atoms with E-state index in [0.717, 1.165) is 17.8 Å². The molecular weight excluding hydrogens is 597 g/mol. The van der Waals surface area contributed by atoms with Crippen LogP contribution in [0.2, 0.25) is 0 Å². The third kappa shape index (κ3) is 6.88. The Hall–Kier alpha value is -0.750. The van der Waals surface area contributed by atoms with Crippen LogP contribution in [0.15, 0.2) is 84.9 Å². The van der Waals surface area contributed by atoms with Gasteiger partial charge in [-0.25, -0.2) is 0 Å². The molecule has 0 aromatic heterocycles. The predicted octanol–water partition coefficient (Wildman–Crippen LogP) is 5.55. The molecule has 2 aliphatic carbocycles. The Balaban J connectivity index is 0.00000190. The highest BCUT2D eigenvalue weighted by Crippen LogP contribution is 2.54. The van der Waals surface area contributed by atoms with Crippen LogP contribution in [0.4, 0.5) is 0 Å². The fraction of sp³-hybridized carbons (Fsp3) is 0.471. The summed E-state index contributed by atoms with van der Waals surface area (Å²) in [5, 5.41) is 4.60. The van der Waals surface area contributed by atoms with Gasteiger partial charge < -0.3 is 24.0 Å². The van der Waals surface area contributed by atoms with Crippen molar-refractivity contribution in [2.45, 2.75) is 77.0 Å². The van der Waals surface area contributed by atoms with Crippen molar-refractivity contribution in [3.63, 3.8) is 0 Å². The Morgan fingerprint density at radius 1 is 0.622 bits per heavy atom. The standard InChI is InChI=1S/C34H44P.HI.H3P/c1-3-12-27-19-21-28(22-20-27)29-23-25-30(26-24-29)33-17-10-11-18-34(33)35(2,31-13-6-4-7-14-31)32-15-8-5-9-16-32;;/h4-11,13-18,27-30H,3,12,19-26H2,1-2H3;1H;1H3/q+1;;/p-1/t27-,28-,29-,30-;;. The van der Waals surface area contributed by atoms with Gasteiger partial charge in [-0.3, -0.25) is 0 Å². The van der Waals surface area contributed by atoms with Gasteiger partial charge in [0.1, 0.15) is 23.2 Å². The maximum absolute atomic E-state index is 2.55. The molecule has 200 valence electrons. The molecule has 0 N–H and O–H groups in total. The maximum Gasteiger partial charge on any atom is 0.109 e. The summed E-state index contributed by atoms with van der Waals surface area (Å²) in [7, 11) is -1.69. The largest absolute Gasteiger partial charge is 1.00 e. The van der Waals surface area contributed by atoms with Gasteiger partial charge in [0, 0.05) is 0 Å². The Morgan fingerprint density at radius 2 is 1.08 bits per heavy atom. The highest BCUT2D eigenvalue weighted by molar-refractivity contribution is 7.95. The third-order valence-corrected chi connectivity index (χ3v) is 13.5. The van der Waals surface area contributed by atoms with Crippen LogP contribution in [0, 0.1) is 17.8 Å². The van der Waals surface area contributed by atoms with E-state index in [-0.39, 0.29) is 33.9 Å². The molecule has 2 saturated carbocycles. The van der Waals surface area contributed by atoms with Crippen molar-refractivity contribution in [1.82, 2.24) is 0 Å². The van der Waals surface area contributed by atoms with E-state index in [0.29, 0.717) is 5.92 Å². The zero-order valence-corrected chi connectivity index (χ0v) is 27.5.